The van der Waals surface area contributed by atoms with Gasteiger partial charge >= 0.3 is 0 Å². The van der Waals surface area contributed by atoms with E-state index in [1.807, 2.05) is 6.07 Å². The summed E-state index contributed by atoms with van der Waals surface area (Å²) in [6.07, 6.45) is 4.59. The molecule has 0 atom stereocenters. The molecule has 0 radical (unpaired) electrons. The number of aromatic nitrogens is 4. The van der Waals surface area contributed by atoms with Crippen molar-refractivity contribution < 1.29 is 0 Å². The number of fused-ring (bicyclic) bond motifs is 1. The van der Waals surface area contributed by atoms with Crippen LogP contribution in [0.25, 0.3) is 10.9 Å². The molecule has 3 rings (SSSR count). The van der Waals surface area contributed by atoms with E-state index in [1.54, 1.807) is 6.20 Å². The Hall–Kier alpha value is -2.21. The summed E-state index contributed by atoms with van der Waals surface area (Å²) >= 11 is 4.92. The average molecular weight is 271 g/mol. The molecule has 0 amide bonds. The third-order valence-corrected chi connectivity index (χ3v) is 3.13. The number of hydrogen-bond acceptors (Lipinski definition) is 4. The van der Waals surface area contributed by atoms with Gasteiger partial charge in [-0.15, -0.1) is 0 Å². The van der Waals surface area contributed by atoms with Crippen molar-refractivity contribution in [1.82, 2.24) is 20.2 Å². The molecule has 3 N–H and O–H groups in total. The number of anilines is 1. The van der Waals surface area contributed by atoms with Gasteiger partial charge in [-0.25, -0.2) is 4.98 Å². The standard InChI is InChI=1S/C13H13N5S/c19-13-17-12(8-16-18-13)14-6-5-9-7-15-11-4-2-1-3-10(9)11/h1-4,7-8,15H,5-6H2,(H2,14,17,18,19). The van der Waals surface area contributed by atoms with Crippen molar-refractivity contribution in [2.75, 3.05) is 11.9 Å². The lowest BCUT2D eigenvalue weighted by Crippen LogP contribution is -2.07. The summed E-state index contributed by atoms with van der Waals surface area (Å²) in [5.74, 6) is 0.698. The zero-order chi connectivity index (χ0) is 13.1. The Balaban J connectivity index is 1.68. The normalized spacial score (nSPS) is 10.7. The maximum atomic E-state index is 4.92. The van der Waals surface area contributed by atoms with Gasteiger partial charge in [0.05, 0.1) is 6.20 Å². The second kappa shape index (κ2) is 5.19. The van der Waals surface area contributed by atoms with Gasteiger partial charge in [0, 0.05) is 23.6 Å². The Kier molecular flexibility index (Phi) is 3.24. The van der Waals surface area contributed by atoms with E-state index in [1.165, 1.54) is 16.5 Å². The van der Waals surface area contributed by atoms with Crippen LogP contribution in [0.4, 0.5) is 5.82 Å². The molecule has 6 heteroatoms. The van der Waals surface area contributed by atoms with Crippen molar-refractivity contribution in [3.63, 3.8) is 0 Å². The largest absolute Gasteiger partial charge is 0.368 e. The van der Waals surface area contributed by atoms with Gasteiger partial charge in [-0.1, -0.05) is 18.2 Å². The summed E-state index contributed by atoms with van der Waals surface area (Å²) in [7, 11) is 0. The Labute approximate surface area is 115 Å². The molecule has 0 aliphatic heterocycles. The molecule has 0 saturated carbocycles. The molecule has 5 nitrogen and oxygen atoms in total. The van der Waals surface area contributed by atoms with Gasteiger partial charge in [-0.2, -0.15) is 5.10 Å². The second-order valence-corrected chi connectivity index (χ2v) is 4.60. The zero-order valence-electron chi connectivity index (χ0n) is 10.2. The number of para-hydroxylation sites is 1. The molecule has 0 fully saturated rings. The van der Waals surface area contributed by atoms with Crippen LogP contribution in [0.2, 0.25) is 0 Å². The maximum Gasteiger partial charge on any atom is 0.215 e. The first-order chi connectivity index (χ1) is 9.33. The van der Waals surface area contributed by atoms with Crippen molar-refractivity contribution in [2.45, 2.75) is 6.42 Å². The smallest absolute Gasteiger partial charge is 0.215 e. The van der Waals surface area contributed by atoms with E-state index < -0.39 is 0 Å². The van der Waals surface area contributed by atoms with E-state index in [2.05, 4.69) is 49.9 Å². The van der Waals surface area contributed by atoms with Crippen LogP contribution < -0.4 is 5.32 Å². The maximum absolute atomic E-state index is 4.92. The number of nitrogens with one attached hydrogen (secondary N) is 3. The van der Waals surface area contributed by atoms with Crippen molar-refractivity contribution in [3.8, 4) is 0 Å². The summed E-state index contributed by atoms with van der Waals surface area (Å²) in [5, 5.41) is 11.0. The van der Waals surface area contributed by atoms with Gasteiger partial charge in [0.15, 0.2) is 0 Å². The quantitative estimate of drug-likeness (QED) is 0.638. The first kappa shape index (κ1) is 11.9. The number of aromatic amines is 2. The molecule has 3 aromatic rings. The summed E-state index contributed by atoms with van der Waals surface area (Å²) < 4.78 is 0.386. The van der Waals surface area contributed by atoms with Crippen LogP contribution in [0.15, 0.2) is 36.7 Å². The van der Waals surface area contributed by atoms with Crippen molar-refractivity contribution in [3.05, 3.63) is 47.0 Å². The van der Waals surface area contributed by atoms with Gasteiger partial charge in [0.25, 0.3) is 0 Å². The van der Waals surface area contributed by atoms with Crippen LogP contribution in [-0.2, 0) is 6.42 Å². The van der Waals surface area contributed by atoms with Crippen molar-refractivity contribution in [2.24, 2.45) is 0 Å². The summed E-state index contributed by atoms with van der Waals surface area (Å²) in [6, 6.07) is 8.28. The number of benzene rings is 1. The van der Waals surface area contributed by atoms with Crippen LogP contribution in [0, 0.1) is 4.77 Å². The van der Waals surface area contributed by atoms with Crippen LogP contribution >= 0.6 is 12.2 Å². The molecule has 19 heavy (non-hydrogen) atoms. The monoisotopic (exact) mass is 271 g/mol. The Bertz CT molecular complexity index is 746. The Morgan fingerprint density at radius 3 is 3.05 bits per heavy atom. The molecule has 96 valence electrons. The highest BCUT2D eigenvalue weighted by molar-refractivity contribution is 7.71. The minimum Gasteiger partial charge on any atom is -0.368 e. The van der Waals surface area contributed by atoms with E-state index in [0.29, 0.717) is 10.6 Å². The van der Waals surface area contributed by atoms with Gasteiger partial charge in [-0.05, 0) is 30.3 Å². The Morgan fingerprint density at radius 1 is 1.26 bits per heavy atom. The molecule has 0 saturated heterocycles. The predicted molar refractivity (Wildman–Crippen MR) is 77.7 cm³/mol. The van der Waals surface area contributed by atoms with E-state index >= 15 is 0 Å². The SMILES string of the molecule is S=c1nc(NCCc2c[nH]c3ccccc23)cn[nH]1. The van der Waals surface area contributed by atoms with Gasteiger partial charge in [0.2, 0.25) is 4.77 Å². The molecule has 2 aromatic heterocycles. The lowest BCUT2D eigenvalue weighted by molar-refractivity contribution is 0.930. The van der Waals surface area contributed by atoms with Gasteiger partial charge < -0.3 is 10.3 Å². The molecule has 2 heterocycles. The third-order valence-electron chi connectivity index (χ3n) is 2.94. The van der Waals surface area contributed by atoms with Gasteiger partial charge in [0.1, 0.15) is 5.82 Å². The minimum atomic E-state index is 0.386. The summed E-state index contributed by atoms with van der Waals surface area (Å²) in [4.78, 5) is 7.40. The lowest BCUT2D eigenvalue weighted by atomic mass is 10.1. The average Bonchev–Trinajstić information content (AvgIpc) is 2.83. The van der Waals surface area contributed by atoms with Crippen LogP contribution in [-0.4, -0.2) is 26.7 Å². The highest BCUT2D eigenvalue weighted by atomic mass is 32.1. The Morgan fingerprint density at radius 2 is 2.16 bits per heavy atom. The van der Waals surface area contributed by atoms with E-state index in [9.17, 15) is 0 Å². The number of rotatable bonds is 4. The van der Waals surface area contributed by atoms with Crippen molar-refractivity contribution in [1.29, 1.82) is 0 Å². The molecule has 0 aliphatic carbocycles. The third kappa shape index (κ3) is 2.63. The van der Waals surface area contributed by atoms with Gasteiger partial charge in [-0.3, -0.25) is 5.10 Å². The highest BCUT2D eigenvalue weighted by Gasteiger charge is 2.02. The van der Waals surface area contributed by atoms with E-state index in [0.717, 1.165) is 13.0 Å². The van der Waals surface area contributed by atoms with E-state index in [-0.39, 0.29) is 0 Å². The predicted octanol–water partition coefficient (Wildman–Crippen LogP) is 2.67. The number of H-pyrrole nitrogens is 2. The molecule has 0 aliphatic rings. The lowest BCUT2D eigenvalue weighted by Gasteiger charge is -2.03. The molecular weight excluding hydrogens is 258 g/mol. The van der Waals surface area contributed by atoms with Crippen LogP contribution in [0.1, 0.15) is 5.56 Å². The molecule has 1 aromatic carbocycles. The van der Waals surface area contributed by atoms with Crippen LogP contribution in [0.5, 0.6) is 0 Å². The molecule has 0 unspecified atom stereocenters. The number of hydrogen-bond donors (Lipinski definition) is 3. The second-order valence-electron chi connectivity index (χ2n) is 4.21. The highest BCUT2D eigenvalue weighted by Crippen LogP contribution is 2.17. The topological polar surface area (TPSA) is 69.4 Å². The first-order valence-electron chi connectivity index (χ1n) is 6.03. The van der Waals surface area contributed by atoms with E-state index in [4.69, 9.17) is 12.2 Å². The van der Waals surface area contributed by atoms with Crippen molar-refractivity contribution >= 4 is 28.9 Å². The number of nitrogens with zero attached hydrogens (tertiary/aromatic N) is 2. The molecule has 0 spiro atoms. The fourth-order valence-electron chi connectivity index (χ4n) is 2.06. The zero-order valence-corrected chi connectivity index (χ0v) is 11.0. The molecular formula is C13H13N5S. The minimum absolute atomic E-state index is 0.386. The molecule has 0 bridgehead atoms. The van der Waals surface area contributed by atoms with Crippen LogP contribution in [0.3, 0.4) is 0 Å². The first-order valence-corrected chi connectivity index (χ1v) is 6.44. The summed E-state index contributed by atoms with van der Waals surface area (Å²) in [5.41, 5.74) is 2.46. The summed E-state index contributed by atoms with van der Waals surface area (Å²) in [6.45, 7) is 0.787. The fraction of sp³-hybridized carbons (Fsp3) is 0.154. The fourth-order valence-corrected chi connectivity index (χ4v) is 2.21.